The zero-order valence-corrected chi connectivity index (χ0v) is 10.6. The van der Waals surface area contributed by atoms with Crippen molar-refractivity contribution >= 4 is 11.7 Å². The van der Waals surface area contributed by atoms with Crippen molar-refractivity contribution in [3.8, 4) is 0 Å². The molecule has 1 aromatic rings. The largest absolute Gasteiger partial charge is 0.466 e. The molecule has 0 radical (unpaired) electrons. The highest BCUT2D eigenvalue weighted by molar-refractivity contribution is 5.89. The first-order valence-electron chi connectivity index (χ1n) is 5.90. The fraction of sp³-hybridized carbons (Fsp3) is 0.214. The van der Waals surface area contributed by atoms with Crippen LogP contribution in [-0.2, 0) is 9.53 Å². The van der Waals surface area contributed by atoms with Gasteiger partial charge in [0.1, 0.15) is 5.82 Å². The van der Waals surface area contributed by atoms with Crippen LogP contribution in [0.3, 0.4) is 0 Å². The summed E-state index contributed by atoms with van der Waals surface area (Å²) in [6, 6.07) is 6.27. The van der Waals surface area contributed by atoms with Crippen LogP contribution in [0.4, 0.5) is 10.1 Å². The van der Waals surface area contributed by atoms with Gasteiger partial charge in [-0.15, -0.1) is 0 Å². The van der Waals surface area contributed by atoms with Crippen LogP contribution < -0.4 is 10.6 Å². The van der Waals surface area contributed by atoms with Crippen LogP contribution in [0.5, 0.6) is 0 Å². The van der Waals surface area contributed by atoms with Crippen LogP contribution in [0, 0.1) is 5.82 Å². The number of rotatable bonds is 4. The second-order valence-corrected chi connectivity index (χ2v) is 4.09. The van der Waals surface area contributed by atoms with Crippen LogP contribution in [0.1, 0.15) is 0 Å². The second kappa shape index (κ2) is 6.04. The molecule has 0 unspecified atom stereocenters. The minimum absolute atomic E-state index is 0.275. The summed E-state index contributed by atoms with van der Waals surface area (Å²) < 4.78 is 17.6. The van der Waals surface area contributed by atoms with Gasteiger partial charge in [-0.2, -0.15) is 0 Å². The molecule has 0 saturated carbocycles. The zero-order valence-electron chi connectivity index (χ0n) is 10.6. The summed E-state index contributed by atoms with van der Waals surface area (Å²) in [6.07, 6.45) is 3.53. The average molecular weight is 262 g/mol. The van der Waals surface area contributed by atoms with E-state index in [4.69, 9.17) is 0 Å². The van der Waals surface area contributed by atoms with Crippen LogP contribution in [0.2, 0.25) is 0 Å². The number of hydrogen-bond donors (Lipinski definition) is 2. The first kappa shape index (κ1) is 13.1. The molecule has 0 spiro atoms. The summed E-state index contributed by atoms with van der Waals surface area (Å²) in [5.74, 6) is -0.607. The summed E-state index contributed by atoms with van der Waals surface area (Å²) in [5, 5.41) is 6.20. The minimum atomic E-state index is -0.333. The molecule has 2 rings (SSSR count). The monoisotopic (exact) mass is 262 g/mol. The van der Waals surface area contributed by atoms with Crippen LogP contribution in [0.15, 0.2) is 47.7 Å². The van der Waals surface area contributed by atoms with Crippen molar-refractivity contribution in [2.75, 3.05) is 25.5 Å². The van der Waals surface area contributed by atoms with Gasteiger partial charge in [-0.05, 0) is 30.4 Å². The first-order valence-corrected chi connectivity index (χ1v) is 5.90. The Hall–Kier alpha value is -2.30. The van der Waals surface area contributed by atoms with E-state index in [1.807, 2.05) is 6.08 Å². The lowest BCUT2D eigenvalue weighted by Crippen LogP contribution is -2.27. The van der Waals surface area contributed by atoms with Crippen molar-refractivity contribution in [2.45, 2.75) is 0 Å². The van der Waals surface area contributed by atoms with Crippen molar-refractivity contribution in [3.63, 3.8) is 0 Å². The van der Waals surface area contributed by atoms with E-state index >= 15 is 0 Å². The Bertz CT molecular complexity index is 538. The third-order valence-electron chi connectivity index (χ3n) is 2.75. The molecule has 1 aliphatic rings. The number of methoxy groups -OCH3 is 1. The van der Waals surface area contributed by atoms with Crippen molar-refractivity contribution < 1.29 is 13.9 Å². The highest BCUT2D eigenvalue weighted by Gasteiger charge is 2.12. The molecule has 0 saturated heterocycles. The lowest BCUT2D eigenvalue weighted by molar-refractivity contribution is -0.136. The number of halogens is 1. The van der Waals surface area contributed by atoms with Gasteiger partial charge in [0.15, 0.2) is 0 Å². The van der Waals surface area contributed by atoms with Gasteiger partial charge in [-0.3, -0.25) is 0 Å². The molecular weight excluding hydrogens is 247 g/mol. The van der Waals surface area contributed by atoms with Gasteiger partial charge in [0, 0.05) is 17.9 Å². The number of nitrogens with one attached hydrogen (secondary N) is 2. The highest BCUT2D eigenvalue weighted by atomic mass is 19.1. The predicted octanol–water partition coefficient (Wildman–Crippen LogP) is 1.82. The normalized spacial score (nSPS) is 14.0. The zero-order chi connectivity index (χ0) is 13.7. The van der Waals surface area contributed by atoms with E-state index in [2.05, 4.69) is 15.4 Å². The third-order valence-corrected chi connectivity index (χ3v) is 2.75. The van der Waals surface area contributed by atoms with E-state index in [0.29, 0.717) is 24.4 Å². The van der Waals surface area contributed by atoms with Crippen LogP contribution >= 0.6 is 0 Å². The maximum absolute atomic E-state index is 13.0. The quantitative estimate of drug-likeness (QED) is 0.813. The van der Waals surface area contributed by atoms with Crippen molar-refractivity contribution in [2.24, 2.45) is 0 Å². The fourth-order valence-electron chi connectivity index (χ4n) is 1.72. The standard InChI is InChI=1S/C14H15FN2O2/c1-19-14(18)10-5-6-13(16-8-10)9-17-12-4-2-3-11(15)7-12/h2-7,16-17H,8-9H2,1H3. The SMILES string of the molecule is COC(=O)C1=CC=C(CNc2cccc(F)c2)NC1. The molecule has 1 heterocycles. The Kier molecular flexibility index (Phi) is 4.18. The van der Waals surface area contributed by atoms with Gasteiger partial charge in [-0.1, -0.05) is 6.07 Å². The Morgan fingerprint density at radius 1 is 1.47 bits per heavy atom. The Morgan fingerprint density at radius 2 is 2.32 bits per heavy atom. The summed E-state index contributed by atoms with van der Waals surface area (Å²) in [5.41, 5.74) is 2.22. The number of esters is 1. The number of hydrogen-bond acceptors (Lipinski definition) is 4. The van der Waals surface area contributed by atoms with E-state index in [0.717, 1.165) is 5.70 Å². The topological polar surface area (TPSA) is 50.4 Å². The number of carbonyl (C=O) groups excluding carboxylic acids is 1. The molecule has 1 aromatic carbocycles. The Labute approximate surface area is 111 Å². The molecular formula is C14H15FN2O2. The molecule has 0 aliphatic carbocycles. The molecule has 0 amide bonds. The van der Waals surface area contributed by atoms with Crippen molar-refractivity contribution in [1.82, 2.24) is 5.32 Å². The fourth-order valence-corrected chi connectivity index (χ4v) is 1.72. The van der Waals surface area contributed by atoms with Gasteiger partial charge < -0.3 is 15.4 Å². The van der Waals surface area contributed by atoms with Gasteiger partial charge in [-0.25, -0.2) is 9.18 Å². The van der Waals surface area contributed by atoms with E-state index in [9.17, 15) is 9.18 Å². The molecule has 4 nitrogen and oxygen atoms in total. The smallest absolute Gasteiger partial charge is 0.335 e. The summed E-state index contributed by atoms with van der Waals surface area (Å²) in [6.45, 7) is 0.970. The summed E-state index contributed by atoms with van der Waals surface area (Å²) in [4.78, 5) is 11.3. The summed E-state index contributed by atoms with van der Waals surface area (Å²) >= 11 is 0. The van der Waals surface area contributed by atoms with Crippen molar-refractivity contribution in [3.05, 3.63) is 53.5 Å². The molecule has 19 heavy (non-hydrogen) atoms. The number of carbonyl (C=O) groups is 1. The maximum Gasteiger partial charge on any atom is 0.335 e. The second-order valence-electron chi connectivity index (χ2n) is 4.09. The maximum atomic E-state index is 13.0. The molecule has 100 valence electrons. The molecule has 5 heteroatoms. The van der Waals surface area contributed by atoms with Gasteiger partial charge in [0.25, 0.3) is 0 Å². The third kappa shape index (κ3) is 3.58. The Morgan fingerprint density at radius 3 is 2.95 bits per heavy atom. The van der Waals surface area contributed by atoms with E-state index in [1.54, 1.807) is 18.2 Å². The number of ether oxygens (including phenoxy) is 1. The lowest BCUT2D eigenvalue weighted by atomic mass is 10.1. The van der Waals surface area contributed by atoms with Crippen LogP contribution in [0.25, 0.3) is 0 Å². The molecule has 0 aromatic heterocycles. The first-order chi connectivity index (χ1) is 9.19. The number of allylic oxidation sites excluding steroid dienone is 2. The highest BCUT2D eigenvalue weighted by Crippen LogP contribution is 2.11. The van der Waals surface area contributed by atoms with Crippen LogP contribution in [-0.4, -0.2) is 26.2 Å². The predicted molar refractivity (Wildman–Crippen MR) is 71.1 cm³/mol. The number of benzene rings is 1. The summed E-state index contributed by atoms with van der Waals surface area (Å²) in [7, 11) is 1.36. The van der Waals surface area contributed by atoms with E-state index < -0.39 is 0 Å². The van der Waals surface area contributed by atoms with E-state index in [-0.39, 0.29) is 11.8 Å². The molecule has 2 N–H and O–H groups in total. The molecule has 0 fully saturated rings. The van der Waals surface area contributed by atoms with Gasteiger partial charge in [0.05, 0.1) is 19.2 Å². The number of anilines is 1. The lowest BCUT2D eigenvalue weighted by Gasteiger charge is -2.17. The molecule has 1 aliphatic heterocycles. The van der Waals surface area contributed by atoms with Gasteiger partial charge in [0.2, 0.25) is 0 Å². The van der Waals surface area contributed by atoms with Gasteiger partial charge >= 0.3 is 5.97 Å². The van der Waals surface area contributed by atoms with E-state index in [1.165, 1.54) is 19.2 Å². The molecule has 0 atom stereocenters. The average Bonchev–Trinajstić information content (AvgIpc) is 2.45. The Balaban J connectivity index is 1.93. The van der Waals surface area contributed by atoms with Crippen molar-refractivity contribution in [1.29, 1.82) is 0 Å². The number of dihydropyridines is 1. The minimum Gasteiger partial charge on any atom is -0.466 e. The molecule has 0 bridgehead atoms.